The SMILES string of the molecule is CNS(=O)(=O)c1ccc(C(=O)N2CCNCC2)o1. The normalized spacial score (nSPS) is 16.8. The van der Waals surface area contributed by atoms with Crippen LogP contribution in [0, 0.1) is 0 Å². The highest BCUT2D eigenvalue weighted by Gasteiger charge is 2.23. The van der Waals surface area contributed by atoms with E-state index >= 15 is 0 Å². The summed E-state index contributed by atoms with van der Waals surface area (Å²) in [5, 5.41) is 2.88. The molecule has 0 bridgehead atoms. The van der Waals surface area contributed by atoms with E-state index in [-0.39, 0.29) is 16.8 Å². The van der Waals surface area contributed by atoms with Crippen LogP contribution in [0.2, 0.25) is 0 Å². The molecule has 18 heavy (non-hydrogen) atoms. The van der Waals surface area contributed by atoms with Crippen LogP contribution in [0.5, 0.6) is 0 Å². The van der Waals surface area contributed by atoms with Gasteiger partial charge >= 0.3 is 0 Å². The summed E-state index contributed by atoms with van der Waals surface area (Å²) in [4.78, 5) is 13.6. The summed E-state index contributed by atoms with van der Waals surface area (Å²) in [7, 11) is -2.35. The number of rotatable bonds is 3. The predicted octanol–water partition coefficient (Wildman–Crippen LogP) is -0.767. The Bertz CT molecular complexity index is 531. The third-order valence-electron chi connectivity index (χ3n) is 2.73. The summed E-state index contributed by atoms with van der Waals surface area (Å²) in [6.07, 6.45) is 0. The van der Waals surface area contributed by atoms with Crippen molar-refractivity contribution in [2.75, 3.05) is 33.2 Å². The first-order chi connectivity index (χ1) is 8.54. The predicted molar refractivity (Wildman–Crippen MR) is 63.7 cm³/mol. The zero-order valence-corrected chi connectivity index (χ0v) is 10.8. The molecule has 2 heterocycles. The molecule has 1 aromatic heterocycles. The molecule has 1 aliphatic rings. The molecule has 1 aromatic rings. The van der Waals surface area contributed by atoms with Crippen molar-refractivity contribution in [3.05, 3.63) is 17.9 Å². The fraction of sp³-hybridized carbons (Fsp3) is 0.500. The summed E-state index contributed by atoms with van der Waals surface area (Å²) < 4.78 is 30.2. The quantitative estimate of drug-likeness (QED) is 0.755. The maximum absolute atomic E-state index is 12.0. The number of piperazine rings is 1. The van der Waals surface area contributed by atoms with Gasteiger partial charge in [-0.1, -0.05) is 0 Å². The van der Waals surface area contributed by atoms with Crippen LogP contribution in [0.3, 0.4) is 0 Å². The van der Waals surface area contributed by atoms with Gasteiger partial charge in [-0.25, -0.2) is 13.1 Å². The largest absolute Gasteiger partial charge is 0.438 e. The first-order valence-corrected chi connectivity index (χ1v) is 7.06. The molecule has 7 nitrogen and oxygen atoms in total. The van der Waals surface area contributed by atoms with Gasteiger partial charge in [0.25, 0.3) is 15.9 Å². The summed E-state index contributed by atoms with van der Waals surface area (Å²) in [5.41, 5.74) is 0. The average Bonchev–Trinajstić information content (AvgIpc) is 2.89. The topological polar surface area (TPSA) is 91.7 Å². The van der Waals surface area contributed by atoms with E-state index in [1.165, 1.54) is 19.2 Å². The molecule has 0 radical (unpaired) electrons. The van der Waals surface area contributed by atoms with Gasteiger partial charge in [0.2, 0.25) is 5.09 Å². The van der Waals surface area contributed by atoms with Crippen molar-refractivity contribution in [2.24, 2.45) is 0 Å². The van der Waals surface area contributed by atoms with Gasteiger partial charge in [-0.3, -0.25) is 4.79 Å². The van der Waals surface area contributed by atoms with Crippen LogP contribution >= 0.6 is 0 Å². The lowest BCUT2D eigenvalue weighted by Crippen LogP contribution is -2.46. The van der Waals surface area contributed by atoms with E-state index < -0.39 is 10.0 Å². The zero-order chi connectivity index (χ0) is 13.2. The molecule has 1 amide bonds. The van der Waals surface area contributed by atoms with Gasteiger partial charge in [-0.2, -0.15) is 0 Å². The van der Waals surface area contributed by atoms with Crippen molar-refractivity contribution in [3.63, 3.8) is 0 Å². The second-order valence-corrected chi connectivity index (χ2v) is 5.69. The molecular formula is C10H15N3O4S. The molecule has 1 aliphatic heterocycles. The maximum Gasteiger partial charge on any atom is 0.289 e. The van der Waals surface area contributed by atoms with Crippen molar-refractivity contribution in [3.8, 4) is 0 Å². The second kappa shape index (κ2) is 5.09. The third-order valence-corrected chi connectivity index (χ3v) is 4.02. The highest BCUT2D eigenvalue weighted by atomic mass is 32.2. The summed E-state index contributed by atoms with van der Waals surface area (Å²) >= 11 is 0. The minimum absolute atomic E-state index is 0.0470. The molecule has 2 N–H and O–H groups in total. The van der Waals surface area contributed by atoms with Crippen molar-refractivity contribution < 1.29 is 17.6 Å². The van der Waals surface area contributed by atoms with Gasteiger partial charge in [0, 0.05) is 26.2 Å². The van der Waals surface area contributed by atoms with Gasteiger partial charge in [-0.05, 0) is 19.2 Å². The fourth-order valence-corrected chi connectivity index (χ4v) is 2.35. The van der Waals surface area contributed by atoms with E-state index in [9.17, 15) is 13.2 Å². The lowest BCUT2D eigenvalue weighted by atomic mass is 10.3. The van der Waals surface area contributed by atoms with E-state index in [2.05, 4.69) is 10.0 Å². The van der Waals surface area contributed by atoms with Crippen molar-refractivity contribution in [1.82, 2.24) is 14.9 Å². The number of sulfonamides is 1. The van der Waals surface area contributed by atoms with Crippen molar-refractivity contribution in [2.45, 2.75) is 5.09 Å². The number of carbonyl (C=O) groups excluding carboxylic acids is 1. The first kappa shape index (κ1) is 13.1. The zero-order valence-electron chi connectivity index (χ0n) is 9.97. The minimum atomic E-state index is -3.64. The van der Waals surface area contributed by atoms with Crippen LogP contribution in [0.25, 0.3) is 0 Å². The summed E-state index contributed by atoms with van der Waals surface area (Å²) in [6.45, 7) is 2.64. The van der Waals surface area contributed by atoms with Crippen LogP contribution in [0.15, 0.2) is 21.6 Å². The second-order valence-electron chi connectivity index (χ2n) is 3.87. The highest BCUT2D eigenvalue weighted by molar-refractivity contribution is 7.89. The number of amides is 1. The van der Waals surface area contributed by atoms with E-state index in [4.69, 9.17) is 4.42 Å². The van der Waals surface area contributed by atoms with E-state index in [1.807, 2.05) is 0 Å². The summed E-state index contributed by atoms with van der Waals surface area (Å²) in [6, 6.07) is 2.66. The highest BCUT2D eigenvalue weighted by Crippen LogP contribution is 2.15. The van der Waals surface area contributed by atoms with Gasteiger partial charge in [-0.15, -0.1) is 0 Å². The van der Waals surface area contributed by atoms with Crippen molar-refractivity contribution >= 4 is 15.9 Å². The summed E-state index contributed by atoms with van der Waals surface area (Å²) in [5.74, 6) is -0.236. The Balaban J connectivity index is 2.17. The molecule has 2 rings (SSSR count). The lowest BCUT2D eigenvalue weighted by Gasteiger charge is -2.26. The molecular weight excluding hydrogens is 258 g/mol. The fourth-order valence-electron chi connectivity index (χ4n) is 1.70. The molecule has 0 spiro atoms. The van der Waals surface area contributed by atoms with Gasteiger partial charge in [0.15, 0.2) is 5.76 Å². The number of hydrogen-bond donors (Lipinski definition) is 2. The molecule has 0 atom stereocenters. The standard InChI is InChI=1S/C10H15N3O4S/c1-11-18(15,16)9-3-2-8(17-9)10(14)13-6-4-12-5-7-13/h2-3,11-12H,4-7H2,1H3. The van der Waals surface area contributed by atoms with Crippen LogP contribution in [-0.2, 0) is 10.0 Å². The molecule has 1 fully saturated rings. The third kappa shape index (κ3) is 2.55. The number of furan rings is 1. The number of nitrogens with one attached hydrogen (secondary N) is 2. The molecule has 8 heteroatoms. The Morgan fingerprint density at radius 2 is 2.06 bits per heavy atom. The average molecular weight is 273 g/mol. The van der Waals surface area contributed by atoms with Crippen LogP contribution < -0.4 is 10.0 Å². The molecule has 0 saturated carbocycles. The minimum Gasteiger partial charge on any atom is -0.438 e. The first-order valence-electron chi connectivity index (χ1n) is 5.58. The van der Waals surface area contributed by atoms with E-state index in [0.717, 1.165) is 13.1 Å². The number of nitrogens with zero attached hydrogens (tertiary/aromatic N) is 1. The monoisotopic (exact) mass is 273 g/mol. The molecule has 0 unspecified atom stereocenters. The van der Waals surface area contributed by atoms with E-state index in [0.29, 0.717) is 13.1 Å². The molecule has 0 aromatic carbocycles. The van der Waals surface area contributed by atoms with Crippen molar-refractivity contribution in [1.29, 1.82) is 0 Å². The Morgan fingerprint density at radius 1 is 1.39 bits per heavy atom. The van der Waals surface area contributed by atoms with Gasteiger partial charge in [0.05, 0.1) is 0 Å². The van der Waals surface area contributed by atoms with Crippen LogP contribution in [-0.4, -0.2) is 52.5 Å². The molecule has 0 aliphatic carbocycles. The van der Waals surface area contributed by atoms with Gasteiger partial charge in [0.1, 0.15) is 0 Å². The Kier molecular flexibility index (Phi) is 3.69. The lowest BCUT2D eigenvalue weighted by molar-refractivity contribution is 0.0698. The number of carbonyl (C=O) groups is 1. The number of hydrogen-bond acceptors (Lipinski definition) is 5. The van der Waals surface area contributed by atoms with Gasteiger partial charge < -0.3 is 14.6 Å². The smallest absolute Gasteiger partial charge is 0.289 e. The Hall–Kier alpha value is -1.38. The Morgan fingerprint density at radius 3 is 2.67 bits per heavy atom. The van der Waals surface area contributed by atoms with Crippen LogP contribution in [0.1, 0.15) is 10.6 Å². The van der Waals surface area contributed by atoms with E-state index in [1.54, 1.807) is 4.90 Å². The van der Waals surface area contributed by atoms with Crippen LogP contribution in [0.4, 0.5) is 0 Å². The molecule has 100 valence electrons. The maximum atomic E-state index is 12.0. The Labute approximate surface area is 105 Å². The molecule has 1 saturated heterocycles.